The van der Waals surface area contributed by atoms with Gasteiger partial charge in [-0.2, -0.15) is 4.80 Å². The van der Waals surface area contributed by atoms with Crippen LogP contribution in [0.1, 0.15) is 17.7 Å². The SMILES string of the molecule is c1csc(CN2CCC[C@@H]2Cn2nnc(-c3ccncc3)n2)c1. The molecule has 1 aliphatic rings. The minimum atomic E-state index is 0.483. The van der Waals surface area contributed by atoms with E-state index >= 15 is 0 Å². The van der Waals surface area contributed by atoms with E-state index in [1.165, 1.54) is 17.7 Å². The molecule has 1 fully saturated rings. The summed E-state index contributed by atoms with van der Waals surface area (Å²) in [7, 11) is 0. The number of nitrogens with zero attached hydrogens (tertiary/aromatic N) is 6. The van der Waals surface area contributed by atoms with Crippen LogP contribution in [0.5, 0.6) is 0 Å². The summed E-state index contributed by atoms with van der Waals surface area (Å²) in [6.45, 7) is 2.96. The van der Waals surface area contributed by atoms with Crippen molar-refractivity contribution >= 4 is 11.3 Å². The van der Waals surface area contributed by atoms with Gasteiger partial charge in [0.2, 0.25) is 5.82 Å². The molecule has 0 aromatic carbocycles. The maximum absolute atomic E-state index is 4.52. The van der Waals surface area contributed by atoms with Gasteiger partial charge in [0.25, 0.3) is 0 Å². The number of rotatable bonds is 5. The summed E-state index contributed by atoms with van der Waals surface area (Å²) in [5.41, 5.74) is 0.952. The Hall–Kier alpha value is -2.12. The van der Waals surface area contributed by atoms with Crippen molar-refractivity contribution in [2.24, 2.45) is 0 Å². The van der Waals surface area contributed by atoms with E-state index in [-0.39, 0.29) is 0 Å². The number of aromatic nitrogens is 5. The highest BCUT2D eigenvalue weighted by Gasteiger charge is 2.26. The molecule has 4 heterocycles. The number of likely N-dealkylation sites (tertiary alicyclic amines) is 1. The molecule has 0 radical (unpaired) electrons. The van der Waals surface area contributed by atoms with E-state index in [2.05, 4.69) is 42.8 Å². The first-order valence-corrected chi connectivity index (χ1v) is 8.71. The highest BCUT2D eigenvalue weighted by Crippen LogP contribution is 2.23. The lowest BCUT2D eigenvalue weighted by Crippen LogP contribution is -2.33. The second kappa shape index (κ2) is 6.55. The van der Waals surface area contributed by atoms with Crippen LogP contribution < -0.4 is 0 Å². The van der Waals surface area contributed by atoms with E-state index in [0.29, 0.717) is 11.9 Å². The third-order valence-corrected chi connectivity index (χ3v) is 5.06. The molecule has 0 saturated carbocycles. The molecule has 6 nitrogen and oxygen atoms in total. The van der Waals surface area contributed by atoms with Gasteiger partial charge in [-0.15, -0.1) is 21.5 Å². The third kappa shape index (κ3) is 3.30. The Bertz CT molecular complexity index is 739. The fourth-order valence-electron chi connectivity index (χ4n) is 3.04. The Morgan fingerprint density at radius 1 is 1.22 bits per heavy atom. The molecule has 0 amide bonds. The minimum absolute atomic E-state index is 0.483. The van der Waals surface area contributed by atoms with Crippen LogP contribution in [-0.2, 0) is 13.1 Å². The second-order valence-corrected chi connectivity index (χ2v) is 6.78. The second-order valence-electron chi connectivity index (χ2n) is 5.75. The number of hydrogen-bond acceptors (Lipinski definition) is 6. The Kier molecular flexibility index (Phi) is 4.12. The Morgan fingerprint density at radius 3 is 2.96 bits per heavy atom. The zero-order chi connectivity index (χ0) is 15.5. The van der Waals surface area contributed by atoms with Gasteiger partial charge in [0.15, 0.2) is 0 Å². The maximum atomic E-state index is 4.52. The van der Waals surface area contributed by atoms with Crippen LogP contribution in [0.15, 0.2) is 42.0 Å². The average molecular weight is 326 g/mol. The summed E-state index contributed by atoms with van der Waals surface area (Å²) in [4.78, 5) is 9.69. The van der Waals surface area contributed by atoms with Crippen molar-refractivity contribution in [2.75, 3.05) is 6.54 Å². The highest BCUT2D eigenvalue weighted by atomic mass is 32.1. The van der Waals surface area contributed by atoms with Gasteiger partial charge >= 0.3 is 0 Å². The Morgan fingerprint density at radius 2 is 2.13 bits per heavy atom. The fourth-order valence-corrected chi connectivity index (χ4v) is 3.77. The van der Waals surface area contributed by atoms with Crippen LogP contribution in [0.2, 0.25) is 0 Å². The van der Waals surface area contributed by atoms with Crippen LogP contribution in [0.3, 0.4) is 0 Å². The van der Waals surface area contributed by atoms with Crippen molar-refractivity contribution in [3.63, 3.8) is 0 Å². The molecule has 1 aliphatic heterocycles. The van der Waals surface area contributed by atoms with E-state index < -0.39 is 0 Å². The summed E-state index contributed by atoms with van der Waals surface area (Å²) in [5, 5.41) is 15.0. The molecule has 7 heteroatoms. The van der Waals surface area contributed by atoms with Crippen LogP contribution in [0.4, 0.5) is 0 Å². The minimum Gasteiger partial charge on any atom is -0.293 e. The van der Waals surface area contributed by atoms with Crippen LogP contribution in [0, 0.1) is 0 Å². The number of tetrazole rings is 1. The predicted molar refractivity (Wildman–Crippen MR) is 88.8 cm³/mol. The molecule has 0 N–H and O–H groups in total. The quantitative estimate of drug-likeness (QED) is 0.721. The highest BCUT2D eigenvalue weighted by molar-refractivity contribution is 7.09. The molecule has 0 aliphatic carbocycles. The first-order valence-electron chi connectivity index (χ1n) is 7.83. The van der Waals surface area contributed by atoms with Gasteiger partial charge in [-0.3, -0.25) is 9.88 Å². The van der Waals surface area contributed by atoms with Crippen molar-refractivity contribution in [3.8, 4) is 11.4 Å². The lowest BCUT2D eigenvalue weighted by atomic mass is 10.2. The van der Waals surface area contributed by atoms with E-state index in [1.807, 2.05) is 23.5 Å². The van der Waals surface area contributed by atoms with Gasteiger partial charge in [-0.25, -0.2) is 0 Å². The monoisotopic (exact) mass is 326 g/mol. The summed E-state index contributed by atoms with van der Waals surface area (Å²) < 4.78 is 0. The van der Waals surface area contributed by atoms with Crippen molar-refractivity contribution in [2.45, 2.75) is 32.0 Å². The molecule has 0 spiro atoms. The zero-order valence-corrected chi connectivity index (χ0v) is 13.6. The van der Waals surface area contributed by atoms with Crippen LogP contribution >= 0.6 is 11.3 Å². The first-order chi connectivity index (χ1) is 11.4. The molecule has 118 valence electrons. The summed E-state index contributed by atoms with van der Waals surface area (Å²) in [6, 6.07) is 8.61. The van der Waals surface area contributed by atoms with E-state index in [0.717, 1.165) is 25.2 Å². The molecule has 3 aromatic rings. The average Bonchev–Trinajstić information content (AvgIpc) is 3.33. The van der Waals surface area contributed by atoms with Crippen molar-refractivity contribution in [1.82, 2.24) is 30.1 Å². The van der Waals surface area contributed by atoms with Crippen molar-refractivity contribution < 1.29 is 0 Å². The lowest BCUT2D eigenvalue weighted by Gasteiger charge is -2.22. The lowest BCUT2D eigenvalue weighted by molar-refractivity contribution is 0.213. The predicted octanol–water partition coefficient (Wildman–Crippen LogP) is 2.46. The number of pyridine rings is 1. The first kappa shape index (κ1) is 14.5. The van der Waals surface area contributed by atoms with Crippen LogP contribution in [0.25, 0.3) is 11.4 Å². The van der Waals surface area contributed by atoms with Gasteiger partial charge in [-0.1, -0.05) is 6.07 Å². The Labute approximate surface area is 138 Å². The Balaban J connectivity index is 1.44. The standard InChI is InChI=1S/C16H18N6S/c1-3-14(21(9-1)12-15-4-2-10-23-15)11-22-19-16(18-20-22)13-5-7-17-8-6-13/h2,4-8,10,14H,1,3,9,11-12H2/t14-/m1/s1. The van der Waals surface area contributed by atoms with Gasteiger partial charge in [0.1, 0.15) is 0 Å². The number of hydrogen-bond donors (Lipinski definition) is 0. The summed E-state index contributed by atoms with van der Waals surface area (Å²) in [5.74, 6) is 0.662. The molecule has 4 rings (SSSR count). The van der Waals surface area contributed by atoms with Gasteiger partial charge in [0.05, 0.1) is 6.54 Å². The van der Waals surface area contributed by atoms with Gasteiger partial charge < -0.3 is 0 Å². The molecule has 0 bridgehead atoms. The maximum Gasteiger partial charge on any atom is 0.205 e. The molecule has 1 saturated heterocycles. The smallest absolute Gasteiger partial charge is 0.205 e. The molecule has 3 aromatic heterocycles. The molecular formula is C16H18N6S. The molecule has 0 unspecified atom stereocenters. The molecule has 1 atom stereocenters. The van der Waals surface area contributed by atoms with Crippen LogP contribution in [-0.4, -0.2) is 42.7 Å². The molecular weight excluding hydrogens is 308 g/mol. The topological polar surface area (TPSA) is 59.7 Å². The van der Waals surface area contributed by atoms with E-state index in [9.17, 15) is 0 Å². The largest absolute Gasteiger partial charge is 0.293 e. The van der Waals surface area contributed by atoms with Gasteiger partial charge in [0, 0.05) is 35.4 Å². The van der Waals surface area contributed by atoms with E-state index in [4.69, 9.17) is 0 Å². The van der Waals surface area contributed by atoms with Gasteiger partial charge in [-0.05, 0) is 48.2 Å². The van der Waals surface area contributed by atoms with Crippen molar-refractivity contribution in [3.05, 3.63) is 46.9 Å². The fraction of sp³-hybridized carbons (Fsp3) is 0.375. The number of thiophene rings is 1. The third-order valence-electron chi connectivity index (χ3n) is 4.20. The zero-order valence-electron chi connectivity index (χ0n) is 12.7. The van der Waals surface area contributed by atoms with Crippen molar-refractivity contribution in [1.29, 1.82) is 0 Å². The van der Waals surface area contributed by atoms with E-state index in [1.54, 1.807) is 17.2 Å². The summed E-state index contributed by atoms with van der Waals surface area (Å²) >= 11 is 1.82. The normalized spacial score (nSPS) is 18.5. The molecule has 23 heavy (non-hydrogen) atoms. The summed E-state index contributed by atoms with van der Waals surface area (Å²) in [6.07, 6.45) is 5.92.